The highest BCUT2D eigenvalue weighted by Crippen LogP contribution is 2.25. The van der Waals surface area contributed by atoms with Crippen LogP contribution in [0.3, 0.4) is 0 Å². The fourth-order valence-electron chi connectivity index (χ4n) is 2.48. The van der Waals surface area contributed by atoms with Crippen molar-refractivity contribution in [1.29, 1.82) is 0 Å². The summed E-state index contributed by atoms with van der Waals surface area (Å²) < 4.78 is 5.75. The number of amides is 1. The molecule has 0 bridgehead atoms. The van der Waals surface area contributed by atoms with Gasteiger partial charge in [-0.2, -0.15) is 0 Å². The van der Waals surface area contributed by atoms with Gasteiger partial charge < -0.3 is 10.1 Å². The van der Waals surface area contributed by atoms with Gasteiger partial charge in [0.25, 0.3) is 5.91 Å². The summed E-state index contributed by atoms with van der Waals surface area (Å²) in [6.45, 7) is 0.214. The van der Waals surface area contributed by atoms with E-state index in [9.17, 15) is 4.79 Å². The molecule has 0 saturated carbocycles. The SMILES string of the molecule is O=C(NC(=S)Nc1cc(Cl)ccc1Cl)c1ccccc1COc1ccc(Cl)cc1. The van der Waals surface area contributed by atoms with E-state index in [1.807, 2.05) is 12.1 Å². The standard InChI is InChI=1S/C21H15Cl3N2O2S/c22-14-5-8-16(9-6-14)28-12-13-3-1-2-4-17(13)20(27)26-21(29)25-19-11-15(23)7-10-18(19)24/h1-11H,12H2,(H2,25,26,27,29). The summed E-state index contributed by atoms with van der Waals surface area (Å²) in [7, 11) is 0. The molecule has 148 valence electrons. The molecule has 0 spiro atoms. The molecular weight excluding hydrogens is 451 g/mol. The van der Waals surface area contributed by atoms with Crippen molar-refractivity contribution in [3.8, 4) is 5.75 Å². The molecule has 1 amide bonds. The molecule has 0 aliphatic carbocycles. The molecule has 0 unspecified atom stereocenters. The largest absolute Gasteiger partial charge is 0.489 e. The molecule has 3 aromatic carbocycles. The highest BCUT2D eigenvalue weighted by atomic mass is 35.5. The quantitative estimate of drug-likeness (QED) is 0.431. The predicted octanol–water partition coefficient (Wildman–Crippen LogP) is 6.35. The van der Waals surface area contributed by atoms with Crippen LogP contribution in [0.25, 0.3) is 0 Å². The number of carbonyl (C=O) groups is 1. The molecule has 0 heterocycles. The van der Waals surface area contributed by atoms with Crippen LogP contribution in [0.5, 0.6) is 5.75 Å². The molecular formula is C21H15Cl3N2O2S. The van der Waals surface area contributed by atoms with Crippen LogP contribution in [0.2, 0.25) is 15.1 Å². The number of rotatable bonds is 5. The first kappa shape index (κ1) is 21.4. The Morgan fingerprint density at radius 2 is 1.62 bits per heavy atom. The van der Waals surface area contributed by atoms with Crippen LogP contribution >= 0.6 is 47.0 Å². The summed E-state index contributed by atoms with van der Waals surface area (Å²) in [6, 6.07) is 19.0. The fraction of sp³-hybridized carbons (Fsp3) is 0.0476. The first-order chi connectivity index (χ1) is 13.9. The average molecular weight is 466 g/mol. The molecule has 3 aromatic rings. The van der Waals surface area contributed by atoms with E-state index in [1.165, 1.54) is 0 Å². The molecule has 8 heteroatoms. The summed E-state index contributed by atoms with van der Waals surface area (Å²) in [5.41, 5.74) is 1.66. The fourth-order valence-corrected chi connectivity index (χ4v) is 3.14. The Hall–Kier alpha value is -2.31. The number of thiocarbonyl (C=S) groups is 1. The Labute approximate surface area is 188 Å². The van der Waals surface area contributed by atoms with Gasteiger partial charge in [-0.1, -0.05) is 53.0 Å². The number of benzene rings is 3. The van der Waals surface area contributed by atoms with Crippen LogP contribution in [0.1, 0.15) is 15.9 Å². The van der Waals surface area contributed by atoms with Gasteiger partial charge in [0.05, 0.1) is 10.7 Å². The lowest BCUT2D eigenvalue weighted by molar-refractivity contribution is 0.0975. The van der Waals surface area contributed by atoms with Gasteiger partial charge in [-0.15, -0.1) is 0 Å². The zero-order chi connectivity index (χ0) is 20.8. The molecule has 2 N–H and O–H groups in total. The molecule has 29 heavy (non-hydrogen) atoms. The van der Waals surface area contributed by atoms with Crippen molar-refractivity contribution in [2.45, 2.75) is 6.61 Å². The van der Waals surface area contributed by atoms with Crippen LogP contribution in [0.4, 0.5) is 5.69 Å². The lowest BCUT2D eigenvalue weighted by Gasteiger charge is -2.14. The van der Waals surface area contributed by atoms with Crippen molar-refractivity contribution in [2.75, 3.05) is 5.32 Å². The number of hydrogen-bond acceptors (Lipinski definition) is 3. The minimum atomic E-state index is -0.365. The summed E-state index contributed by atoms with van der Waals surface area (Å²) in [5.74, 6) is 0.286. The van der Waals surface area contributed by atoms with Crippen molar-refractivity contribution in [3.63, 3.8) is 0 Å². The van der Waals surface area contributed by atoms with Crippen molar-refractivity contribution < 1.29 is 9.53 Å². The van der Waals surface area contributed by atoms with Crippen molar-refractivity contribution in [3.05, 3.63) is 92.9 Å². The maximum Gasteiger partial charge on any atom is 0.257 e. The summed E-state index contributed by atoms with van der Waals surface area (Å²) >= 11 is 23.2. The molecule has 0 aliphatic heterocycles. The number of nitrogens with one attached hydrogen (secondary N) is 2. The Bertz CT molecular complexity index is 1040. The van der Waals surface area contributed by atoms with E-state index < -0.39 is 0 Å². The first-order valence-corrected chi connectivity index (χ1v) is 10.0. The van der Waals surface area contributed by atoms with Gasteiger partial charge in [0.15, 0.2) is 5.11 Å². The molecule has 0 aliphatic rings. The monoisotopic (exact) mass is 464 g/mol. The van der Waals surface area contributed by atoms with Crippen LogP contribution in [0, 0.1) is 0 Å². The van der Waals surface area contributed by atoms with E-state index in [0.29, 0.717) is 37.6 Å². The average Bonchev–Trinajstić information content (AvgIpc) is 2.70. The normalized spacial score (nSPS) is 10.3. The molecule has 3 rings (SSSR count). The second kappa shape index (κ2) is 9.94. The number of hydrogen-bond donors (Lipinski definition) is 2. The van der Waals surface area contributed by atoms with Gasteiger partial charge in [0.2, 0.25) is 0 Å². The van der Waals surface area contributed by atoms with Gasteiger partial charge in [0.1, 0.15) is 12.4 Å². The smallest absolute Gasteiger partial charge is 0.257 e. The molecule has 0 fully saturated rings. The van der Waals surface area contributed by atoms with Crippen LogP contribution in [0.15, 0.2) is 66.7 Å². The molecule has 0 saturated heterocycles. The number of halogens is 3. The van der Waals surface area contributed by atoms with E-state index in [4.69, 9.17) is 51.8 Å². The van der Waals surface area contributed by atoms with Gasteiger partial charge in [-0.25, -0.2) is 0 Å². The second-order valence-corrected chi connectivity index (χ2v) is 7.62. The first-order valence-electron chi connectivity index (χ1n) is 8.46. The summed E-state index contributed by atoms with van der Waals surface area (Å²) in [5, 5.41) is 7.17. The van der Waals surface area contributed by atoms with Crippen LogP contribution in [-0.2, 0) is 6.61 Å². The lowest BCUT2D eigenvalue weighted by Crippen LogP contribution is -2.34. The molecule has 0 radical (unpaired) electrons. The number of ether oxygens (including phenoxy) is 1. The van der Waals surface area contributed by atoms with Gasteiger partial charge >= 0.3 is 0 Å². The summed E-state index contributed by atoms with van der Waals surface area (Å²) in [4.78, 5) is 12.7. The van der Waals surface area contributed by atoms with Crippen molar-refractivity contribution >= 4 is 63.7 Å². The zero-order valence-electron chi connectivity index (χ0n) is 14.9. The Morgan fingerprint density at radius 1 is 0.931 bits per heavy atom. The van der Waals surface area contributed by atoms with Gasteiger partial charge in [-0.3, -0.25) is 10.1 Å². The minimum Gasteiger partial charge on any atom is -0.489 e. The second-order valence-electron chi connectivity index (χ2n) is 5.93. The Balaban J connectivity index is 1.66. The predicted molar refractivity (Wildman–Crippen MR) is 122 cm³/mol. The van der Waals surface area contributed by atoms with Crippen molar-refractivity contribution in [2.24, 2.45) is 0 Å². The Kier molecular flexibility index (Phi) is 7.34. The third-order valence-corrected chi connectivity index (χ3v) is 4.89. The molecule has 4 nitrogen and oxygen atoms in total. The minimum absolute atomic E-state index is 0.104. The maximum absolute atomic E-state index is 12.7. The zero-order valence-corrected chi connectivity index (χ0v) is 18.0. The highest BCUT2D eigenvalue weighted by Gasteiger charge is 2.14. The van der Waals surface area contributed by atoms with Gasteiger partial charge in [0, 0.05) is 21.2 Å². The van der Waals surface area contributed by atoms with E-state index in [2.05, 4.69) is 10.6 Å². The maximum atomic E-state index is 12.7. The van der Waals surface area contributed by atoms with Crippen LogP contribution < -0.4 is 15.4 Å². The third-order valence-electron chi connectivity index (χ3n) is 3.87. The number of carbonyl (C=O) groups excluding carboxylic acids is 1. The van der Waals surface area contributed by atoms with E-state index in [-0.39, 0.29) is 17.6 Å². The van der Waals surface area contributed by atoms with Gasteiger partial charge in [-0.05, 0) is 60.7 Å². The molecule has 0 atom stereocenters. The molecule has 0 aromatic heterocycles. The lowest BCUT2D eigenvalue weighted by atomic mass is 10.1. The van der Waals surface area contributed by atoms with Crippen LogP contribution in [-0.4, -0.2) is 11.0 Å². The van der Waals surface area contributed by atoms with E-state index >= 15 is 0 Å². The number of anilines is 1. The topological polar surface area (TPSA) is 50.4 Å². The summed E-state index contributed by atoms with van der Waals surface area (Å²) in [6.07, 6.45) is 0. The van der Waals surface area contributed by atoms with E-state index in [1.54, 1.807) is 54.6 Å². The highest BCUT2D eigenvalue weighted by molar-refractivity contribution is 7.80. The van der Waals surface area contributed by atoms with E-state index in [0.717, 1.165) is 0 Å². The third kappa shape index (κ3) is 6.08. The Morgan fingerprint density at radius 3 is 2.38 bits per heavy atom. The van der Waals surface area contributed by atoms with Crippen molar-refractivity contribution in [1.82, 2.24) is 5.32 Å².